The molecule has 3 nitrogen and oxygen atoms in total. The van der Waals surface area contributed by atoms with Crippen LogP contribution in [0.2, 0.25) is 0 Å². The summed E-state index contributed by atoms with van der Waals surface area (Å²) in [5.41, 5.74) is 2.95. The number of aromatic amines is 1. The van der Waals surface area contributed by atoms with Gasteiger partial charge in [0.2, 0.25) is 0 Å². The molecule has 0 radical (unpaired) electrons. The summed E-state index contributed by atoms with van der Waals surface area (Å²) in [6, 6.07) is 1.98. The van der Waals surface area contributed by atoms with E-state index in [1.54, 1.807) is 11.3 Å². The summed E-state index contributed by atoms with van der Waals surface area (Å²) in [5.74, 6) is 0.715. The van der Waals surface area contributed by atoms with Gasteiger partial charge in [0.15, 0.2) is 0 Å². The molecular formula is C12H12N2OS. The fourth-order valence-electron chi connectivity index (χ4n) is 2.14. The van der Waals surface area contributed by atoms with Gasteiger partial charge in [-0.05, 0) is 37.1 Å². The molecule has 4 heteroatoms. The topological polar surface area (TPSA) is 45.8 Å². The number of nitrogens with zero attached hydrogens (tertiary/aromatic N) is 1. The van der Waals surface area contributed by atoms with E-state index >= 15 is 0 Å². The number of H-pyrrole nitrogens is 1. The summed E-state index contributed by atoms with van der Waals surface area (Å²) in [6.07, 6.45) is 4.07. The van der Waals surface area contributed by atoms with Gasteiger partial charge >= 0.3 is 0 Å². The van der Waals surface area contributed by atoms with Crippen molar-refractivity contribution in [1.29, 1.82) is 0 Å². The third-order valence-electron chi connectivity index (χ3n) is 2.99. The molecule has 0 saturated carbocycles. The minimum absolute atomic E-state index is 0.0471. The Morgan fingerprint density at radius 3 is 3.00 bits per heavy atom. The molecule has 2 aromatic rings. The average molecular weight is 232 g/mol. The van der Waals surface area contributed by atoms with E-state index in [0.717, 1.165) is 42.5 Å². The second-order valence-corrected chi connectivity index (χ2v) is 4.84. The first kappa shape index (κ1) is 9.78. The van der Waals surface area contributed by atoms with Gasteiger partial charge in [-0.15, -0.1) is 0 Å². The summed E-state index contributed by atoms with van der Waals surface area (Å²) >= 11 is 1.62. The predicted molar refractivity (Wildman–Crippen MR) is 64.8 cm³/mol. The third-order valence-corrected chi connectivity index (χ3v) is 3.67. The van der Waals surface area contributed by atoms with Crippen molar-refractivity contribution in [2.75, 3.05) is 0 Å². The van der Waals surface area contributed by atoms with Gasteiger partial charge in [-0.1, -0.05) is 0 Å². The highest BCUT2D eigenvalue weighted by Crippen LogP contribution is 2.21. The van der Waals surface area contributed by atoms with E-state index in [1.165, 1.54) is 0 Å². The second-order valence-electron chi connectivity index (χ2n) is 4.06. The zero-order valence-electron chi connectivity index (χ0n) is 8.82. The number of fused-ring (bicyclic) bond motifs is 1. The first-order valence-electron chi connectivity index (χ1n) is 5.49. The van der Waals surface area contributed by atoms with Gasteiger partial charge < -0.3 is 4.98 Å². The first-order chi connectivity index (χ1) is 7.84. The molecule has 0 saturated heterocycles. The van der Waals surface area contributed by atoms with Crippen molar-refractivity contribution in [3.8, 4) is 11.4 Å². The normalized spacial score (nSPS) is 14.8. The Morgan fingerprint density at radius 2 is 2.19 bits per heavy atom. The molecule has 0 aromatic carbocycles. The maximum Gasteiger partial charge on any atom is 0.254 e. The van der Waals surface area contributed by atoms with Crippen molar-refractivity contribution < 1.29 is 0 Å². The van der Waals surface area contributed by atoms with Crippen LogP contribution in [0.4, 0.5) is 0 Å². The lowest BCUT2D eigenvalue weighted by Crippen LogP contribution is -2.21. The van der Waals surface area contributed by atoms with E-state index in [4.69, 9.17) is 0 Å². The maximum absolute atomic E-state index is 11.9. The lowest BCUT2D eigenvalue weighted by molar-refractivity contribution is 0.657. The Labute approximate surface area is 97.2 Å². The molecule has 0 atom stereocenters. The number of hydrogen-bond donors (Lipinski definition) is 1. The standard InChI is InChI=1S/C12H12N2OS/c15-12-9-3-1-2-4-10(9)13-11(14-12)8-5-6-16-7-8/h5-7H,1-4H2,(H,13,14,15). The van der Waals surface area contributed by atoms with Crippen LogP contribution in [0.25, 0.3) is 11.4 Å². The van der Waals surface area contributed by atoms with E-state index in [9.17, 15) is 4.79 Å². The van der Waals surface area contributed by atoms with Crippen molar-refractivity contribution >= 4 is 11.3 Å². The Morgan fingerprint density at radius 1 is 1.31 bits per heavy atom. The summed E-state index contributed by atoms with van der Waals surface area (Å²) in [4.78, 5) is 19.3. The highest BCUT2D eigenvalue weighted by Gasteiger charge is 2.15. The smallest absolute Gasteiger partial charge is 0.254 e. The number of hydrogen-bond acceptors (Lipinski definition) is 3. The Balaban J connectivity index is 2.16. The van der Waals surface area contributed by atoms with Crippen LogP contribution in [0.1, 0.15) is 24.1 Å². The van der Waals surface area contributed by atoms with Crippen molar-refractivity contribution in [1.82, 2.24) is 9.97 Å². The highest BCUT2D eigenvalue weighted by molar-refractivity contribution is 7.08. The zero-order chi connectivity index (χ0) is 11.0. The van der Waals surface area contributed by atoms with Gasteiger partial charge in [0.05, 0.1) is 5.69 Å². The van der Waals surface area contributed by atoms with Crippen molar-refractivity contribution in [3.05, 3.63) is 38.4 Å². The van der Waals surface area contributed by atoms with Gasteiger partial charge in [0.1, 0.15) is 5.82 Å². The van der Waals surface area contributed by atoms with Crippen LogP contribution >= 0.6 is 11.3 Å². The molecule has 1 N–H and O–H groups in total. The molecule has 0 bridgehead atoms. The van der Waals surface area contributed by atoms with Gasteiger partial charge in [-0.2, -0.15) is 11.3 Å². The molecular weight excluding hydrogens is 220 g/mol. The van der Waals surface area contributed by atoms with Gasteiger partial charge in [-0.3, -0.25) is 4.79 Å². The number of thiophene rings is 1. The van der Waals surface area contributed by atoms with Gasteiger partial charge in [-0.25, -0.2) is 4.98 Å². The van der Waals surface area contributed by atoms with Gasteiger partial charge in [0, 0.05) is 16.5 Å². The second kappa shape index (κ2) is 3.87. The first-order valence-corrected chi connectivity index (χ1v) is 6.43. The van der Waals surface area contributed by atoms with E-state index in [2.05, 4.69) is 9.97 Å². The summed E-state index contributed by atoms with van der Waals surface area (Å²) in [7, 11) is 0. The largest absolute Gasteiger partial charge is 0.306 e. The van der Waals surface area contributed by atoms with Crippen molar-refractivity contribution in [3.63, 3.8) is 0 Å². The molecule has 1 aliphatic carbocycles. The summed E-state index contributed by atoms with van der Waals surface area (Å²) in [5, 5.41) is 4.00. The molecule has 0 unspecified atom stereocenters. The van der Waals surface area contributed by atoms with Gasteiger partial charge in [0.25, 0.3) is 5.56 Å². The molecule has 16 heavy (non-hydrogen) atoms. The van der Waals surface area contributed by atoms with E-state index < -0.39 is 0 Å². The molecule has 3 rings (SSSR count). The SMILES string of the molecule is O=c1[nH]c(-c2ccsc2)nc2c1CCCC2. The maximum atomic E-state index is 11.9. The van der Waals surface area contributed by atoms with E-state index in [-0.39, 0.29) is 5.56 Å². The fraction of sp³-hybridized carbons (Fsp3) is 0.333. The van der Waals surface area contributed by atoms with Crippen molar-refractivity contribution in [2.24, 2.45) is 0 Å². The molecule has 2 aromatic heterocycles. The number of aromatic nitrogens is 2. The lowest BCUT2D eigenvalue weighted by Gasteiger charge is -2.14. The minimum Gasteiger partial charge on any atom is -0.306 e. The number of rotatable bonds is 1. The van der Waals surface area contributed by atoms with E-state index in [1.807, 2.05) is 16.8 Å². The lowest BCUT2D eigenvalue weighted by atomic mass is 9.97. The molecule has 2 heterocycles. The van der Waals surface area contributed by atoms with Crippen molar-refractivity contribution in [2.45, 2.75) is 25.7 Å². The van der Waals surface area contributed by atoms with Crippen LogP contribution < -0.4 is 5.56 Å². The molecule has 0 amide bonds. The van der Waals surface area contributed by atoms with E-state index in [0.29, 0.717) is 5.82 Å². The van der Waals surface area contributed by atoms with Crippen LogP contribution in [0.3, 0.4) is 0 Å². The summed E-state index contributed by atoms with van der Waals surface area (Å²) < 4.78 is 0. The van der Waals surface area contributed by atoms with Crippen LogP contribution in [0, 0.1) is 0 Å². The molecule has 0 spiro atoms. The molecule has 0 aliphatic heterocycles. The average Bonchev–Trinajstić information content (AvgIpc) is 2.82. The number of aryl methyl sites for hydroxylation is 1. The monoisotopic (exact) mass is 232 g/mol. The molecule has 82 valence electrons. The highest BCUT2D eigenvalue weighted by atomic mass is 32.1. The number of nitrogens with one attached hydrogen (secondary N) is 1. The zero-order valence-corrected chi connectivity index (χ0v) is 9.64. The fourth-order valence-corrected chi connectivity index (χ4v) is 2.78. The van der Waals surface area contributed by atoms with Crippen LogP contribution in [0.5, 0.6) is 0 Å². The molecule has 1 aliphatic rings. The Kier molecular flexibility index (Phi) is 2.36. The van der Waals surface area contributed by atoms with Crippen LogP contribution in [-0.4, -0.2) is 9.97 Å². The Bertz CT molecular complexity index is 557. The third kappa shape index (κ3) is 1.59. The van der Waals surface area contributed by atoms with Crippen LogP contribution in [-0.2, 0) is 12.8 Å². The summed E-state index contributed by atoms with van der Waals surface area (Å²) in [6.45, 7) is 0. The Hall–Kier alpha value is -1.42. The van der Waals surface area contributed by atoms with Crippen LogP contribution in [0.15, 0.2) is 21.6 Å². The quantitative estimate of drug-likeness (QED) is 0.820. The molecule has 0 fully saturated rings. The predicted octanol–water partition coefficient (Wildman–Crippen LogP) is 2.38. The minimum atomic E-state index is 0.0471.